The Hall–Kier alpha value is -1.58. The molecule has 0 saturated carbocycles. The second kappa shape index (κ2) is 3.29. The van der Waals surface area contributed by atoms with Crippen molar-refractivity contribution in [3.8, 4) is 0 Å². The van der Waals surface area contributed by atoms with Crippen molar-refractivity contribution in [2.24, 2.45) is 0 Å². The van der Waals surface area contributed by atoms with E-state index < -0.39 is 0 Å². The Morgan fingerprint density at radius 3 is 2.93 bits per heavy atom. The molecule has 1 aromatic carbocycles. The topological polar surface area (TPSA) is 46.4 Å². The molecule has 0 N–H and O–H groups in total. The molecule has 4 heteroatoms. The minimum Gasteiger partial charge on any atom is -0.235 e. The average molecular weight is 192 g/mol. The van der Waals surface area contributed by atoms with Gasteiger partial charge in [-0.2, -0.15) is 0 Å². The van der Waals surface area contributed by atoms with Gasteiger partial charge in [-0.3, -0.25) is 0 Å². The zero-order valence-corrected chi connectivity index (χ0v) is 8.01. The van der Waals surface area contributed by atoms with Crippen LogP contribution in [0.15, 0.2) is 24.3 Å². The third-order valence-corrected chi connectivity index (χ3v) is 2.77. The fourth-order valence-electron chi connectivity index (χ4n) is 1.98. The molecule has 1 atom stereocenters. The molecular weight excluding hydrogens is 180 g/mol. The van der Waals surface area contributed by atoms with E-state index in [1.807, 2.05) is 31.2 Å². The smallest absolute Gasteiger partial charge is 0.160 e. The summed E-state index contributed by atoms with van der Waals surface area (Å²) in [4.78, 5) is 10.7. The number of fused-ring (bicyclic) bond motifs is 1. The van der Waals surface area contributed by atoms with Crippen molar-refractivity contribution in [3.05, 3.63) is 45.5 Å². The van der Waals surface area contributed by atoms with Crippen molar-refractivity contribution < 1.29 is 5.03 Å². The summed E-state index contributed by atoms with van der Waals surface area (Å²) < 4.78 is 0. The lowest BCUT2D eigenvalue weighted by Gasteiger charge is -2.28. The zero-order valence-electron chi connectivity index (χ0n) is 8.01. The van der Waals surface area contributed by atoms with Gasteiger partial charge in [0.1, 0.15) is 6.04 Å². The van der Waals surface area contributed by atoms with E-state index in [0.717, 1.165) is 12.0 Å². The summed E-state index contributed by atoms with van der Waals surface area (Å²) >= 11 is 0. The van der Waals surface area contributed by atoms with Crippen LogP contribution >= 0.6 is 0 Å². The summed E-state index contributed by atoms with van der Waals surface area (Å²) in [5, 5.41) is 11.7. The lowest BCUT2D eigenvalue weighted by Crippen LogP contribution is -2.38. The maximum absolute atomic E-state index is 10.7. The van der Waals surface area contributed by atoms with Crippen LogP contribution in [0.1, 0.15) is 24.1 Å². The van der Waals surface area contributed by atoms with E-state index >= 15 is 0 Å². The Balaban J connectivity index is 2.36. The van der Waals surface area contributed by atoms with Crippen molar-refractivity contribution >= 4 is 0 Å². The third kappa shape index (κ3) is 1.32. The van der Waals surface area contributed by atoms with Crippen molar-refractivity contribution in [2.75, 3.05) is 6.54 Å². The molecule has 0 aromatic heterocycles. The highest BCUT2D eigenvalue weighted by atomic mass is 16.7. The molecule has 0 bridgehead atoms. The van der Waals surface area contributed by atoms with E-state index in [2.05, 4.69) is 0 Å². The van der Waals surface area contributed by atoms with Crippen LogP contribution in [-0.2, 0) is 6.42 Å². The first-order chi connectivity index (χ1) is 6.70. The number of hydrogen-bond donors (Lipinski definition) is 0. The number of rotatable bonds is 1. The number of hydrazine groups is 1. The van der Waals surface area contributed by atoms with Crippen molar-refractivity contribution in [3.63, 3.8) is 0 Å². The lowest BCUT2D eigenvalue weighted by molar-refractivity contribution is -0.666. The van der Waals surface area contributed by atoms with Gasteiger partial charge < -0.3 is 0 Å². The summed E-state index contributed by atoms with van der Waals surface area (Å²) in [6.07, 6.45) is 0.765. The molecule has 0 radical (unpaired) electrons. The largest absolute Gasteiger partial charge is 0.235 e. The maximum Gasteiger partial charge on any atom is 0.160 e. The maximum atomic E-state index is 10.7. The van der Waals surface area contributed by atoms with Gasteiger partial charge in [0.15, 0.2) is 5.03 Å². The molecule has 0 fully saturated rings. The molecule has 1 unspecified atom stereocenters. The highest BCUT2D eigenvalue weighted by molar-refractivity contribution is 5.31. The number of nitrogens with zero attached hydrogens (tertiary/aromatic N) is 2. The number of nitro groups is 1. The molecule has 1 aliphatic heterocycles. The monoisotopic (exact) mass is 192 g/mol. The van der Waals surface area contributed by atoms with Crippen molar-refractivity contribution in [1.82, 2.24) is 5.01 Å². The van der Waals surface area contributed by atoms with Crippen LogP contribution in [0.4, 0.5) is 0 Å². The third-order valence-electron chi connectivity index (χ3n) is 2.77. The van der Waals surface area contributed by atoms with Crippen LogP contribution in [0, 0.1) is 10.1 Å². The molecule has 0 amide bonds. The van der Waals surface area contributed by atoms with E-state index in [0.29, 0.717) is 6.54 Å². The lowest BCUT2D eigenvalue weighted by atomic mass is 9.95. The summed E-state index contributed by atoms with van der Waals surface area (Å²) in [5.41, 5.74) is 2.31. The molecule has 0 spiro atoms. The Morgan fingerprint density at radius 2 is 2.21 bits per heavy atom. The minimum absolute atomic E-state index is 0.116. The first-order valence-corrected chi connectivity index (χ1v) is 4.69. The first-order valence-electron chi connectivity index (χ1n) is 4.69. The Labute approximate surface area is 82.3 Å². The molecule has 4 nitrogen and oxygen atoms in total. The fraction of sp³-hybridized carbons (Fsp3) is 0.400. The normalized spacial score (nSPS) is 20.4. The van der Waals surface area contributed by atoms with Crippen molar-refractivity contribution in [1.29, 1.82) is 0 Å². The van der Waals surface area contributed by atoms with Gasteiger partial charge in [-0.05, 0) is 24.5 Å². The van der Waals surface area contributed by atoms with Gasteiger partial charge in [0.05, 0.1) is 6.54 Å². The summed E-state index contributed by atoms with van der Waals surface area (Å²) in [7, 11) is 0. The zero-order chi connectivity index (χ0) is 10.1. The van der Waals surface area contributed by atoms with Gasteiger partial charge in [-0.15, -0.1) is 5.01 Å². The standard InChI is InChI=1S/C10H12N2O2/c1-8-10-5-3-2-4-9(10)6-7-11(8)12(13)14/h2-5,8H,6-7H2,1H3. The fourth-order valence-corrected chi connectivity index (χ4v) is 1.98. The summed E-state index contributed by atoms with van der Waals surface area (Å²) in [6, 6.07) is 7.81. The molecule has 1 heterocycles. The van der Waals surface area contributed by atoms with Crippen LogP contribution in [0.2, 0.25) is 0 Å². The number of hydrogen-bond acceptors (Lipinski definition) is 2. The predicted octanol–water partition coefficient (Wildman–Crippen LogP) is 1.80. The highest BCUT2D eigenvalue weighted by Gasteiger charge is 2.29. The molecule has 74 valence electrons. The second-order valence-corrected chi connectivity index (χ2v) is 3.53. The van der Waals surface area contributed by atoms with Gasteiger partial charge in [0.25, 0.3) is 0 Å². The van der Waals surface area contributed by atoms with Crippen LogP contribution in [0.25, 0.3) is 0 Å². The van der Waals surface area contributed by atoms with E-state index in [4.69, 9.17) is 0 Å². The summed E-state index contributed by atoms with van der Waals surface area (Å²) in [6.45, 7) is 2.38. The molecule has 2 rings (SSSR count). The van der Waals surface area contributed by atoms with E-state index in [1.165, 1.54) is 10.6 Å². The molecule has 1 aromatic rings. The Kier molecular flexibility index (Phi) is 2.11. The van der Waals surface area contributed by atoms with E-state index in [1.54, 1.807) is 0 Å². The molecule has 14 heavy (non-hydrogen) atoms. The molecule has 0 aliphatic carbocycles. The molecular formula is C10H12N2O2. The van der Waals surface area contributed by atoms with E-state index in [-0.39, 0.29) is 11.1 Å². The SMILES string of the molecule is CC1c2ccccc2CCN1[N+](=O)[O-]. The average Bonchev–Trinajstić information content (AvgIpc) is 2.18. The summed E-state index contributed by atoms with van der Waals surface area (Å²) in [5.74, 6) is 0. The van der Waals surface area contributed by atoms with E-state index in [9.17, 15) is 10.1 Å². The number of benzene rings is 1. The van der Waals surface area contributed by atoms with Crippen LogP contribution in [0.5, 0.6) is 0 Å². The van der Waals surface area contributed by atoms with Crippen LogP contribution < -0.4 is 0 Å². The van der Waals surface area contributed by atoms with Gasteiger partial charge in [-0.1, -0.05) is 24.3 Å². The van der Waals surface area contributed by atoms with Gasteiger partial charge >= 0.3 is 0 Å². The Morgan fingerprint density at radius 1 is 1.50 bits per heavy atom. The minimum atomic E-state index is -0.305. The Bertz CT molecular complexity index is 365. The van der Waals surface area contributed by atoms with Gasteiger partial charge in [0.2, 0.25) is 0 Å². The van der Waals surface area contributed by atoms with Gasteiger partial charge in [0, 0.05) is 0 Å². The molecule has 0 saturated heterocycles. The predicted molar refractivity (Wildman–Crippen MR) is 52.3 cm³/mol. The van der Waals surface area contributed by atoms with Gasteiger partial charge in [-0.25, -0.2) is 10.1 Å². The first kappa shape index (κ1) is 8.99. The van der Waals surface area contributed by atoms with Crippen molar-refractivity contribution in [2.45, 2.75) is 19.4 Å². The van der Waals surface area contributed by atoms with Crippen LogP contribution in [-0.4, -0.2) is 16.6 Å². The highest BCUT2D eigenvalue weighted by Crippen LogP contribution is 2.28. The second-order valence-electron chi connectivity index (χ2n) is 3.53. The molecule has 1 aliphatic rings. The quantitative estimate of drug-likeness (QED) is 0.503. The van der Waals surface area contributed by atoms with Crippen LogP contribution in [0.3, 0.4) is 0 Å².